The lowest BCUT2D eigenvalue weighted by molar-refractivity contribution is 0.481. The van der Waals surface area contributed by atoms with Crippen LogP contribution >= 0.6 is 0 Å². The van der Waals surface area contributed by atoms with Gasteiger partial charge >= 0.3 is 0 Å². The standard InChI is InChI=1S/C28H20FN5O3S/c1-34-25(13-14-32-34)24-16-20(19-5-3-2-4-6-19)7-10-27(24)37-26-11-9-23(15-21(26)17-30)38(35,36)33-28-12-8-22(29)18-31-28/h2-16,18H,1H3,(H,31,33). The molecule has 0 unspecified atom stereocenters. The van der Waals surface area contributed by atoms with Crippen molar-refractivity contribution in [1.29, 1.82) is 5.26 Å². The Morgan fingerprint density at radius 3 is 2.42 bits per heavy atom. The largest absolute Gasteiger partial charge is 0.455 e. The van der Waals surface area contributed by atoms with E-state index in [1.165, 1.54) is 24.3 Å². The first-order valence-corrected chi connectivity index (χ1v) is 12.9. The molecule has 0 aliphatic rings. The summed E-state index contributed by atoms with van der Waals surface area (Å²) < 4.78 is 49.0. The molecule has 3 aromatic carbocycles. The van der Waals surface area contributed by atoms with Crippen molar-refractivity contribution in [2.75, 3.05) is 4.72 Å². The van der Waals surface area contributed by atoms with Gasteiger partial charge in [-0.1, -0.05) is 36.4 Å². The van der Waals surface area contributed by atoms with E-state index in [4.69, 9.17) is 4.74 Å². The van der Waals surface area contributed by atoms with Gasteiger partial charge in [0.05, 0.1) is 22.3 Å². The fourth-order valence-electron chi connectivity index (χ4n) is 3.87. The van der Waals surface area contributed by atoms with Crippen LogP contribution in [0.15, 0.2) is 102 Å². The predicted octanol–water partition coefficient (Wildman–Crippen LogP) is 5.75. The Kier molecular flexibility index (Phi) is 6.60. The molecule has 0 saturated heterocycles. The first-order valence-electron chi connectivity index (χ1n) is 11.4. The van der Waals surface area contributed by atoms with Gasteiger partial charge in [0.2, 0.25) is 0 Å². The highest BCUT2D eigenvalue weighted by Crippen LogP contribution is 2.38. The number of hydrogen-bond donors (Lipinski definition) is 1. The molecule has 0 saturated carbocycles. The summed E-state index contributed by atoms with van der Waals surface area (Å²) in [5, 5.41) is 14.0. The summed E-state index contributed by atoms with van der Waals surface area (Å²) in [5.74, 6) is 0.00401. The van der Waals surface area contributed by atoms with Gasteiger partial charge in [-0.15, -0.1) is 0 Å². The van der Waals surface area contributed by atoms with Crippen LogP contribution in [0.5, 0.6) is 11.5 Å². The summed E-state index contributed by atoms with van der Waals surface area (Å²) in [5.41, 5.74) is 3.56. The lowest BCUT2D eigenvalue weighted by Gasteiger charge is -2.15. The molecule has 0 atom stereocenters. The van der Waals surface area contributed by atoms with Crippen LogP contribution in [0.4, 0.5) is 10.2 Å². The molecule has 0 bridgehead atoms. The Balaban J connectivity index is 1.50. The third-order valence-electron chi connectivity index (χ3n) is 5.75. The molecular weight excluding hydrogens is 505 g/mol. The topological polar surface area (TPSA) is 110 Å². The van der Waals surface area contributed by atoms with Crippen molar-refractivity contribution >= 4 is 15.8 Å². The third kappa shape index (κ3) is 5.09. The van der Waals surface area contributed by atoms with Crippen LogP contribution in [0.25, 0.3) is 22.4 Å². The zero-order chi connectivity index (χ0) is 26.7. The summed E-state index contributed by atoms with van der Waals surface area (Å²) in [4.78, 5) is 3.55. The number of hydrogen-bond acceptors (Lipinski definition) is 6. The quantitative estimate of drug-likeness (QED) is 0.290. The molecule has 0 spiro atoms. The van der Waals surface area contributed by atoms with Crippen molar-refractivity contribution in [3.8, 4) is 40.0 Å². The molecule has 0 radical (unpaired) electrons. The number of nitriles is 1. The number of anilines is 1. The van der Waals surface area contributed by atoms with Crippen molar-refractivity contribution in [2.24, 2.45) is 7.05 Å². The monoisotopic (exact) mass is 525 g/mol. The Bertz CT molecular complexity index is 1760. The lowest BCUT2D eigenvalue weighted by Crippen LogP contribution is -2.14. The normalized spacial score (nSPS) is 11.1. The fourth-order valence-corrected chi connectivity index (χ4v) is 4.91. The molecule has 38 heavy (non-hydrogen) atoms. The van der Waals surface area contributed by atoms with Gasteiger partial charge in [0.25, 0.3) is 10.0 Å². The van der Waals surface area contributed by atoms with E-state index in [0.717, 1.165) is 34.6 Å². The summed E-state index contributed by atoms with van der Waals surface area (Å²) in [6.07, 6.45) is 2.58. The molecule has 10 heteroatoms. The molecule has 0 aliphatic heterocycles. The molecule has 0 aliphatic carbocycles. The number of nitrogens with one attached hydrogen (secondary N) is 1. The minimum Gasteiger partial charge on any atom is -0.455 e. The molecule has 2 heterocycles. The van der Waals surface area contributed by atoms with Crippen molar-refractivity contribution in [2.45, 2.75) is 4.90 Å². The first kappa shape index (κ1) is 24.7. The Hall–Kier alpha value is -5.01. The fraction of sp³-hybridized carbons (Fsp3) is 0.0357. The summed E-state index contributed by atoms with van der Waals surface area (Å²) in [7, 11) is -2.27. The van der Waals surface area contributed by atoms with Crippen LogP contribution in [0.2, 0.25) is 0 Å². The van der Waals surface area contributed by atoms with E-state index >= 15 is 0 Å². The number of aromatic nitrogens is 3. The minimum absolute atomic E-state index is 0.0167. The van der Waals surface area contributed by atoms with Crippen LogP contribution in [0, 0.1) is 17.1 Å². The number of benzene rings is 3. The molecule has 8 nitrogen and oxygen atoms in total. The predicted molar refractivity (Wildman–Crippen MR) is 140 cm³/mol. The van der Waals surface area contributed by atoms with E-state index in [0.29, 0.717) is 5.75 Å². The van der Waals surface area contributed by atoms with Crippen molar-refractivity contribution in [3.05, 3.63) is 109 Å². The molecule has 2 aromatic heterocycles. The van der Waals surface area contributed by atoms with Gasteiger partial charge in [-0.3, -0.25) is 9.40 Å². The van der Waals surface area contributed by atoms with E-state index in [1.54, 1.807) is 16.9 Å². The van der Waals surface area contributed by atoms with E-state index in [2.05, 4.69) is 14.8 Å². The lowest BCUT2D eigenvalue weighted by atomic mass is 10.0. The molecule has 188 valence electrons. The Morgan fingerprint density at radius 1 is 0.947 bits per heavy atom. The number of rotatable bonds is 7. The van der Waals surface area contributed by atoms with E-state index < -0.39 is 15.8 Å². The minimum atomic E-state index is -4.09. The van der Waals surface area contributed by atoms with Gasteiger partial charge in [0, 0.05) is 18.8 Å². The number of nitrogens with zero attached hydrogens (tertiary/aromatic N) is 4. The maximum Gasteiger partial charge on any atom is 0.263 e. The number of sulfonamides is 1. The zero-order valence-corrected chi connectivity index (χ0v) is 20.9. The van der Waals surface area contributed by atoms with Crippen LogP contribution in [0.3, 0.4) is 0 Å². The zero-order valence-electron chi connectivity index (χ0n) is 20.0. The van der Waals surface area contributed by atoms with Crippen molar-refractivity contribution < 1.29 is 17.5 Å². The Labute approximate surface area is 218 Å². The molecule has 0 fully saturated rings. The second kappa shape index (κ2) is 10.2. The highest BCUT2D eigenvalue weighted by atomic mass is 32.2. The van der Waals surface area contributed by atoms with Gasteiger partial charge in [0.1, 0.15) is 29.2 Å². The molecule has 5 rings (SSSR count). The number of pyridine rings is 1. The highest BCUT2D eigenvalue weighted by molar-refractivity contribution is 7.92. The van der Waals surface area contributed by atoms with Crippen LogP contribution in [-0.4, -0.2) is 23.2 Å². The number of ether oxygens (including phenoxy) is 1. The van der Waals surface area contributed by atoms with Gasteiger partial charge in [0.15, 0.2) is 0 Å². The maximum atomic E-state index is 13.1. The van der Waals surface area contributed by atoms with Crippen LogP contribution < -0.4 is 9.46 Å². The van der Waals surface area contributed by atoms with Crippen LogP contribution in [-0.2, 0) is 17.1 Å². The average molecular weight is 526 g/mol. The SMILES string of the molecule is Cn1nccc1-c1cc(-c2ccccc2)ccc1Oc1ccc(S(=O)(=O)Nc2ccc(F)cn2)cc1C#N. The molecular formula is C28H20FN5O3S. The van der Waals surface area contributed by atoms with E-state index in [1.807, 2.05) is 61.6 Å². The molecule has 0 amide bonds. The third-order valence-corrected chi connectivity index (χ3v) is 7.10. The van der Waals surface area contributed by atoms with Gasteiger partial charge < -0.3 is 4.74 Å². The Morgan fingerprint density at radius 2 is 1.74 bits per heavy atom. The van der Waals surface area contributed by atoms with Crippen LogP contribution in [0.1, 0.15) is 5.56 Å². The smallest absolute Gasteiger partial charge is 0.263 e. The average Bonchev–Trinajstić information content (AvgIpc) is 3.36. The number of aryl methyl sites for hydroxylation is 1. The van der Waals surface area contributed by atoms with E-state index in [9.17, 15) is 18.1 Å². The van der Waals surface area contributed by atoms with E-state index in [-0.39, 0.29) is 22.0 Å². The van der Waals surface area contributed by atoms with Gasteiger partial charge in [-0.2, -0.15) is 10.4 Å². The summed E-state index contributed by atoms with van der Waals surface area (Å²) >= 11 is 0. The second-order valence-corrected chi connectivity index (χ2v) is 9.94. The summed E-state index contributed by atoms with van der Waals surface area (Å²) in [6, 6.07) is 25.7. The maximum absolute atomic E-state index is 13.1. The van der Waals surface area contributed by atoms with Crippen molar-refractivity contribution in [3.63, 3.8) is 0 Å². The number of halogens is 1. The summed E-state index contributed by atoms with van der Waals surface area (Å²) in [6.45, 7) is 0. The van der Waals surface area contributed by atoms with Gasteiger partial charge in [-0.25, -0.2) is 17.8 Å². The highest BCUT2D eigenvalue weighted by Gasteiger charge is 2.19. The van der Waals surface area contributed by atoms with Crippen molar-refractivity contribution in [1.82, 2.24) is 14.8 Å². The molecule has 5 aromatic rings. The van der Waals surface area contributed by atoms with Gasteiger partial charge in [-0.05, 0) is 59.7 Å². The molecule has 1 N–H and O–H groups in total. The second-order valence-electron chi connectivity index (χ2n) is 8.26. The first-order chi connectivity index (χ1) is 18.3.